The first-order chi connectivity index (χ1) is 7.90. The third kappa shape index (κ3) is 3.82. The first-order valence-corrected chi connectivity index (χ1v) is 4.70. The summed E-state index contributed by atoms with van der Waals surface area (Å²) in [5, 5.41) is 0. The fourth-order valence-electron chi connectivity index (χ4n) is 1.12. The largest absolute Gasteiger partial charge is 0.461 e. The molecule has 0 spiro atoms. The van der Waals surface area contributed by atoms with Gasteiger partial charge in [0.15, 0.2) is 11.6 Å². The number of carbonyl (C=O) groups is 2. The Morgan fingerprint density at radius 2 is 1.65 bits per heavy atom. The standard InChI is InChI=1S/C11H10F2O4/c1-6(14)16-5-8-3-9(12)11(10(13)4-8)17-7(2)15/h3-4H,5H2,1-2H3. The predicted molar refractivity (Wildman–Crippen MR) is 53.1 cm³/mol. The fourth-order valence-corrected chi connectivity index (χ4v) is 1.12. The summed E-state index contributed by atoms with van der Waals surface area (Å²) >= 11 is 0. The molecule has 0 unspecified atom stereocenters. The van der Waals surface area contributed by atoms with Crippen molar-refractivity contribution < 1.29 is 27.8 Å². The number of benzene rings is 1. The Balaban J connectivity index is 2.92. The molecule has 4 nitrogen and oxygen atoms in total. The minimum absolute atomic E-state index is 0.131. The van der Waals surface area contributed by atoms with E-state index in [0.29, 0.717) is 0 Å². The summed E-state index contributed by atoms with van der Waals surface area (Å²) in [6.45, 7) is 1.97. The maximum Gasteiger partial charge on any atom is 0.308 e. The first-order valence-electron chi connectivity index (χ1n) is 4.70. The molecular weight excluding hydrogens is 234 g/mol. The van der Waals surface area contributed by atoms with Gasteiger partial charge in [0.05, 0.1) is 0 Å². The number of carbonyl (C=O) groups excluding carboxylic acids is 2. The molecule has 0 heterocycles. The number of halogens is 2. The molecule has 17 heavy (non-hydrogen) atoms. The zero-order valence-corrected chi connectivity index (χ0v) is 9.25. The number of rotatable bonds is 3. The van der Waals surface area contributed by atoms with E-state index in [1.165, 1.54) is 6.92 Å². The topological polar surface area (TPSA) is 52.6 Å². The third-order valence-electron chi connectivity index (χ3n) is 1.75. The van der Waals surface area contributed by atoms with Crippen molar-refractivity contribution in [3.05, 3.63) is 29.3 Å². The molecule has 0 saturated carbocycles. The van der Waals surface area contributed by atoms with Crippen LogP contribution in [0.2, 0.25) is 0 Å². The Labute approximate surface area is 96.1 Å². The van der Waals surface area contributed by atoms with Crippen LogP contribution in [0.3, 0.4) is 0 Å². The van der Waals surface area contributed by atoms with Gasteiger partial charge in [-0.2, -0.15) is 0 Å². The molecule has 0 fully saturated rings. The SMILES string of the molecule is CC(=O)OCc1cc(F)c(OC(C)=O)c(F)c1. The highest BCUT2D eigenvalue weighted by Gasteiger charge is 2.14. The van der Waals surface area contributed by atoms with E-state index in [1.807, 2.05) is 0 Å². The Hall–Kier alpha value is -1.98. The van der Waals surface area contributed by atoms with Crippen molar-refractivity contribution in [1.29, 1.82) is 0 Å². The fraction of sp³-hybridized carbons (Fsp3) is 0.273. The lowest BCUT2D eigenvalue weighted by Gasteiger charge is -2.07. The Kier molecular flexibility index (Phi) is 4.14. The zero-order valence-electron chi connectivity index (χ0n) is 9.25. The van der Waals surface area contributed by atoms with E-state index >= 15 is 0 Å². The van der Waals surface area contributed by atoms with Crippen LogP contribution in [0.1, 0.15) is 19.4 Å². The summed E-state index contributed by atoms with van der Waals surface area (Å²) < 4.78 is 35.6. The molecule has 1 rings (SSSR count). The van der Waals surface area contributed by atoms with E-state index < -0.39 is 29.3 Å². The molecule has 1 aromatic rings. The summed E-state index contributed by atoms with van der Waals surface area (Å²) in [6, 6.07) is 1.87. The summed E-state index contributed by atoms with van der Waals surface area (Å²) in [7, 11) is 0. The van der Waals surface area contributed by atoms with Crippen molar-refractivity contribution in [3.63, 3.8) is 0 Å². The van der Waals surface area contributed by atoms with Gasteiger partial charge in [0, 0.05) is 13.8 Å². The molecule has 0 aliphatic rings. The summed E-state index contributed by atoms with van der Waals surface area (Å²) in [6.07, 6.45) is 0. The highest BCUT2D eigenvalue weighted by molar-refractivity contribution is 5.69. The second-order valence-electron chi connectivity index (χ2n) is 3.26. The molecule has 0 atom stereocenters. The third-order valence-corrected chi connectivity index (χ3v) is 1.75. The van der Waals surface area contributed by atoms with Crippen LogP contribution in [0.4, 0.5) is 8.78 Å². The van der Waals surface area contributed by atoms with Gasteiger partial charge in [0.25, 0.3) is 0 Å². The lowest BCUT2D eigenvalue weighted by molar-refractivity contribution is -0.142. The van der Waals surface area contributed by atoms with Crippen molar-refractivity contribution in [2.75, 3.05) is 0 Å². The van der Waals surface area contributed by atoms with Gasteiger partial charge in [-0.1, -0.05) is 0 Å². The molecule has 0 radical (unpaired) electrons. The molecule has 92 valence electrons. The molecule has 1 aromatic carbocycles. The van der Waals surface area contributed by atoms with Gasteiger partial charge in [-0.05, 0) is 17.7 Å². The Morgan fingerprint density at radius 1 is 1.12 bits per heavy atom. The van der Waals surface area contributed by atoms with Crippen LogP contribution in [0.25, 0.3) is 0 Å². The number of ether oxygens (including phenoxy) is 2. The van der Waals surface area contributed by atoms with Gasteiger partial charge in [-0.3, -0.25) is 9.59 Å². The lowest BCUT2D eigenvalue weighted by atomic mass is 10.2. The minimum Gasteiger partial charge on any atom is -0.461 e. The quantitative estimate of drug-likeness (QED) is 0.602. The van der Waals surface area contributed by atoms with Gasteiger partial charge < -0.3 is 9.47 Å². The van der Waals surface area contributed by atoms with Crippen molar-refractivity contribution >= 4 is 11.9 Å². The van der Waals surface area contributed by atoms with Gasteiger partial charge in [-0.15, -0.1) is 0 Å². The normalized spacial score (nSPS) is 9.88. The molecule has 0 saturated heterocycles. The van der Waals surface area contributed by atoms with Gasteiger partial charge in [-0.25, -0.2) is 8.78 Å². The summed E-state index contributed by atoms with van der Waals surface area (Å²) in [4.78, 5) is 21.1. The first kappa shape index (κ1) is 13.1. The molecule has 0 aliphatic carbocycles. The maximum absolute atomic E-state index is 13.3. The van der Waals surface area contributed by atoms with Gasteiger partial charge >= 0.3 is 11.9 Å². The highest BCUT2D eigenvalue weighted by Crippen LogP contribution is 2.23. The van der Waals surface area contributed by atoms with E-state index in [0.717, 1.165) is 19.1 Å². The Bertz CT molecular complexity index is 434. The zero-order chi connectivity index (χ0) is 13.0. The molecule has 0 aliphatic heterocycles. The second kappa shape index (κ2) is 5.38. The van der Waals surface area contributed by atoms with Crippen molar-refractivity contribution in [3.8, 4) is 5.75 Å². The lowest BCUT2D eigenvalue weighted by Crippen LogP contribution is -2.07. The summed E-state index contributed by atoms with van der Waals surface area (Å²) in [5.41, 5.74) is 0.131. The predicted octanol–water partition coefficient (Wildman–Crippen LogP) is 1.95. The Morgan fingerprint density at radius 3 is 2.06 bits per heavy atom. The van der Waals surface area contributed by atoms with Crippen LogP contribution in [0, 0.1) is 11.6 Å². The van der Waals surface area contributed by atoms with E-state index in [4.69, 9.17) is 0 Å². The highest BCUT2D eigenvalue weighted by atomic mass is 19.1. The number of esters is 2. The average molecular weight is 244 g/mol. The van der Waals surface area contributed by atoms with E-state index in [2.05, 4.69) is 9.47 Å². The van der Waals surface area contributed by atoms with E-state index in [-0.39, 0.29) is 12.2 Å². The van der Waals surface area contributed by atoms with Gasteiger partial charge in [0.1, 0.15) is 6.61 Å². The molecule has 0 bridgehead atoms. The van der Waals surface area contributed by atoms with Crippen LogP contribution in [0.5, 0.6) is 5.75 Å². The average Bonchev–Trinajstić information content (AvgIpc) is 2.20. The smallest absolute Gasteiger partial charge is 0.308 e. The monoisotopic (exact) mass is 244 g/mol. The minimum atomic E-state index is -1.03. The van der Waals surface area contributed by atoms with Crippen LogP contribution in [0.15, 0.2) is 12.1 Å². The van der Waals surface area contributed by atoms with Crippen LogP contribution < -0.4 is 4.74 Å². The van der Waals surface area contributed by atoms with Gasteiger partial charge in [0.2, 0.25) is 5.75 Å². The van der Waals surface area contributed by atoms with Crippen molar-refractivity contribution in [1.82, 2.24) is 0 Å². The molecule has 0 N–H and O–H groups in total. The number of hydrogen-bond donors (Lipinski definition) is 0. The van der Waals surface area contributed by atoms with Crippen molar-refractivity contribution in [2.45, 2.75) is 20.5 Å². The molecule has 6 heteroatoms. The molecule has 0 aromatic heterocycles. The molecule has 0 amide bonds. The van der Waals surface area contributed by atoms with Crippen LogP contribution in [-0.4, -0.2) is 11.9 Å². The summed E-state index contributed by atoms with van der Waals surface area (Å²) in [5.74, 6) is -4.20. The van der Waals surface area contributed by atoms with Crippen LogP contribution >= 0.6 is 0 Å². The van der Waals surface area contributed by atoms with E-state index in [9.17, 15) is 18.4 Å². The molecular formula is C11H10F2O4. The van der Waals surface area contributed by atoms with E-state index in [1.54, 1.807) is 0 Å². The number of hydrogen-bond acceptors (Lipinski definition) is 4. The van der Waals surface area contributed by atoms with Crippen molar-refractivity contribution in [2.24, 2.45) is 0 Å². The maximum atomic E-state index is 13.3. The van der Waals surface area contributed by atoms with Crippen LogP contribution in [-0.2, 0) is 20.9 Å². The second-order valence-corrected chi connectivity index (χ2v) is 3.26.